The first kappa shape index (κ1) is 22.6. The lowest BCUT2D eigenvalue weighted by Crippen LogP contribution is -2.46. The molecule has 0 N–H and O–H groups in total. The number of ether oxygens (including phenoxy) is 2. The Morgan fingerprint density at radius 2 is 1.73 bits per heavy atom. The van der Waals surface area contributed by atoms with E-state index in [1.807, 2.05) is 22.9 Å². The molecule has 0 radical (unpaired) electrons. The van der Waals surface area contributed by atoms with Gasteiger partial charge in [0.05, 0.1) is 25.5 Å². The molecule has 1 aromatic rings. The summed E-state index contributed by atoms with van der Waals surface area (Å²) in [6.07, 6.45) is 5.21. The first-order chi connectivity index (χ1) is 14.5. The number of piperidine rings is 2. The van der Waals surface area contributed by atoms with Crippen molar-refractivity contribution >= 4 is 11.8 Å². The highest BCUT2D eigenvalue weighted by Gasteiger charge is 2.32. The highest BCUT2D eigenvalue weighted by atomic mass is 16.5. The van der Waals surface area contributed by atoms with Crippen LogP contribution in [-0.2, 0) is 25.7 Å². The maximum atomic E-state index is 13.0. The summed E-state index contributed by atoms with van der Waals surface area (Å²) >= 11 is 0. The van der Waals surface area contributed by atoms with E-state index < -0.39 is 0 Å². The highest BCUT2D eigenvalue weighted by Crippen LogP contribution is 2.31. The number of aromatic nitrogens is 2. The van der Waals surface area contributed by atoms with Crippen molar-refractivity contribution in [2.75, 3.05) is 46.5 Å². The van der Waals surface area contributed by atoms with E-state index in [2.05, 4.69) is 4.98 Å². The van der Waals surface area contributed by atoms with Crippen LogP contribution in [0.2, 0.25) is 0 Å². The minimum atomic E-state index is 0.0446. The van der Waals surface area contributed by atoms with Crippen LogP contribution in [-0.4, -0.2) is 78.1 Å². The normalized spacial score (nSPS) is 18.6. The van der Waals surface area contributed by atoms with Crippen LogP contribution in [0.5, 0.6) is 0 Å². The lowest BCUT2D eigenvalue weighted by molar-refractivity contribution is -0.140. The van der Waals surface area contributed by atoms with Crippen molar-refractivity contribution in [2.45, 2.75) is 52.1 Å². The van der Waals surface area contributed by atoms with Gasteiger partial charge in [0.25, 0.3) is 0 Å². The number of carbonyl (C=O) groups excluding carboxylic acids is 2. The Bertz CT molecular complexity index is 726. The Hall–Kier alpha value is -2.06. The van der Waals surface area contributed by atoms with Gasteiger partial charge in [0.1, 0.15) is 5.82 Å². The number of rotatable bonds is 7. The molecule has 3 heterocycles. The average Bonchev–Trinajstić information content (AvgIpc) is 2.77. The molecule has 0 atom stereocenters. The molecule has 2 saturated heterocycles. The second-order valence-corrected chi connectivity index (χ2v) is 8.25. The average molecular weight is 419 g/mol. The number of hydrogen-bond donors (Lipinski definition) is 0. The van der Waals surface area contributed by atoms with Crippen LogP contribution in [0.1, 0.15) is 55.6 Å². The quantitative estimate of drug-likeness (QED) is 0.629. The molecule has 0 spiro atoms. The maximum Gasteiger partial charge on any atom is 0.225 e. The van der Waals surface area contributed by atoms with Gasteiger partial charge in [0.15, 0.2) is 0 Å². The summed E-state index contributed by atoms with van der Waals surface area (Å²) in [5, 5.41) is 0. The molecule has 1 aromatic heterocycles. The largest absolute Gasteiger partial charge is 0.382 e. The summed E-state index contributed by atoms with van der Waals surface area (Å²) < 4.78 is 10.7. The van der Waals surface area contributed by atoms with Crippen molar-refractivity contribution in [3.63, 3.8) is 0 Å². The third kappa shape index (κ3) is 5.76. The molecule has 166 valence electrons. The van der Waals surface area contributed by atoms with Crippen LogP contribution in [0.15, 0.2) is 6.20 Å². The zero-order chi connectivity index (χ0) is 21.5. The van der Waals surface area contributed by atoms with Crippen molar-refractivity contribution < 1.29 is 19.1 Å². The Balaban J connectivity index is 1.54. The number of carbonyl (C=O) groups is 2. The smallest absolute Gasteiger partial charge is 0.225 e. The Morgan fingerprint density at radius 3 is 2.37 bits per heavy atom. The van der Waals surface area contributed by atoms with Crippen molar-refractivity contribution in [3.8, 4) is 0 Å². The van der Waals surface area contributed by atoms with Gasteiger partial charge in [0.2, 0.25) is 11.8 Å². The molecule has 3 rings (SSSR count). The number of amides is 2. The van der Waals surface area contributed by atoms with Crippen LogP contribution in [0.3, 0.4) is 0 Å². The number of likely N-dealkylation sites (tertiary alicyclic amines) is 2. The van der Waals surface area contributed by atoms with Crippen LogP contribution in [0.25, 0.3) is 0 Å². The van der Waals surface area contributed by atoms with Crippen molar-refractivity contribution in [1.29, 1.82) is 0 Å². The summed E-state index contributed by atoms with van der Waals surface area (Å²) in [5.41, 5.74) is 2.08. The van der Waals surface area contributed by atoms with Gasteiger partial charge in [-0.05, 0) is 32.6 Å². The van der Waals surface area contributed by atoms with Gasteiger partial charge in [-0.15, -0.1) is 0 Å². The van der Waals surface area contributed by atoms with Crippen LogP contribution in [0, 0.1) is 12.8 Å². The van der Waals surface area contributed by atoms with E-state index in [0.29, 0.717) is 38.8 Å². The summed E-state index contributed by atoms with van der Waals surface area (Å²) in [6, 6.07) is 0. The lowest BCUT2D eigenvalue weighted by atomic mass is 9.89. The predicted octanol–water partition coefficient (Wildman–Crippen LogP) is 1.91. The third-order valence-electron chi connectivity index (χ3n) is 6.19. The predicted molar refractivity (Wildman–Crippen MR) is 112 cm³/mol. The lowest BCUT2D eigenvalue weighted by Gasteiger charge is -2.37. The molecular formula is C22H34N4O4. The zero-order valence-electron chi connectivity index (χ0n) is 18.4. The Morgan fingerprint density at radius 1 is 1.07 bits per heavy atom. The Kier molecular flexibility index (Phi) is 8.16. The van der Waals surface area contributed by atoms with E-state index in [1.165, 1.54) is 0 Å². The molecule has 2 aliphatic heterocycles. The summed E-state index contributed by atoms with van der Waals surface area (Å²) in [5.74, 6) is 1.48. The van der Waals surface area contributed by atoms with Gasteiger partial charge in [0, 0.05) is 63.8 Å². The molecule has 0 saturated carbocycles. The van der Waals surface area contributed by atoms with Gasteiger partial charge in [-0.25, -0.2) is 9.97 Å². The van der Waals surface area contributed by atoms with Gasteiger partial charge < -0.3 is 19.3 Å². The van der Waals surface area contributed by atoms with E-state index in [4.69, 9.17) is 14.5 Å². The van der Waals surface area contributed by atoms with E-state index in [-0.39, 0.29) is 17.7 Å². The summed E-state index contributed by atoms with van der Waals surface area (Å²) in [4.78, 5) is 37.4. The number of methoxy groups -OCH3 is 1. The topological polar surface area (TPSA) is 84.9 Å². The van der Waals surface area contributed by atoms with E-state index in [1.54, 1.807) is 14.0 Å². The molecule has 30 heavy (non-hydrogen) atoms. The third-order valence-corrected chi connectivity index (χ3v) is 6.19. The Labute approximate surface area is 178 Å². The van der Waals surface area contributed by atoms with Crippen molar-refractivity contribution in [1.82, 2.24) is 19.8 Å². The van der Waals surface area contributed by atoms with Gasteiger partial charge in [-0.2, -0.15) is 0 Å². The SMILES string of the molecule is COCCOCc1cnc(C)nc1C1CCN(C(=O)C2CCN(C(C)=O)CC2)CC1. The second kappa shape index (κ2) is 10.8. The maximum absolute atomic E-state index is 13.0. The first-order valence-corrected chi connectivity index (χ1v) is 10.9. The molecule has 0 unspecified atom stereocenters. The minimum absolute atomic E-state index is 0.0446. The fourth-order valence-corrected chi connectivity index (χ4v) is 4.37. The molecule has 0 aromatic carbocycles. The summed E-state index contributed by atoms with van der Waals surface area (Å²) in [7, 11) is 1.66. The van der Waals surface area contributed by atoms with E-state index in [0.717, 1.165) is 55.9 Å². The molecule has 0 aliphatic carbocycles. The number of nitrogens with zero attached hydrogens (tertiary/aromatic N) is 4. The van der Waals surface area contributed by atoms with Crippen LogP contribution in [0.4, 0.5) is 0 Å². The fourth-order valence-electron chi connectivity index (χ4n) is 4.37. The van der Waals surface area contributed by atoms with E-state index in [9.17, 15) is 9.59 Å². The molecular weight excluding hydrogens is 384 g/mol. The summed E-state index contributed by atoms with van der Waals surface area (Å²) in [6.45, 7) is 7.97. The number of aryl methyl sites for hydroxylation is 1. The molecule has 2 aliphatic rings. The van der Waals surface area contributed by atoms with Crippen LogP contribution < -0.4 is 0 Å². The second-order valence-electron chi connectivity index (χ2n) is 8.25. The van der Waals surface area contributed by atoms with Crippen LogP contribution >= 0.6 is 0 Å². The molecule has 2 fully saturated rings. The van der Waals surface area contributed by atoms with Gasteiger partial charge >= 0.3 is 0 Å². The zero-order valence-corrected chi connectivity index (χ0v) is 18.4. The van der Waals surface area contributed by atoms with Crippen molar-refractivity contribution in [3.05, 3.63) is 23.3 Å². The van der Waals surface area contributed by atoms with Crippen molar-refractivity contribution in [2.24, 2.45) is 5.92 Å². The number of hydrogen-bond acceptors (Lipinski definition) is 6. The standard InChI is InChI=1S/C22H34N4O4/c1-16-23-14-20(15-30-13-12-29-3)21(24-16)18-4-10-26(11-5-18)22(28)19-6-8-25(9-7-19)17(2)27/h14,18-19H,4-13,15H2,1-3H3. The highest BCUT2D eigenvalue weighted by molar-refractivity contribution is 5.80. The molecule has 8 nitrogen and oxygen atoms in total. The fraction of sp³-hybridized carbons (Fsp3) is 0.727. The van der Waals surface area contributed by atoms with Gasteiger partial charge in [-0.1, -0.05) is 0 Å². The first-order valence-electron chi connectivity index (χ1n) is 10.9. The molecule has 8 heteroatoms. The molecule has 2 amide bonds. The molecule has 0 bridgehead atoms. The van der Waals surface area contributed by atoms with Gasteiger partial charge in [-0.3, -0.25) is 9.59 Å². The minimum Gasteiger partial charge on any atom is -0.382 e. The van der Waals surface area contributed by atoms with E-state index >= 15 is 0 Å². The monoisotopic (exact) mass is 418 g/mol.